The maximum Gasteiger partial charge on any atom is -0.0218 e. The summed E-state index contributed by atoms with van der Waals surface area (Å²) in [5.74, 6) is 1.67. The van der Waals surface area contributed by atoms with Crippen LogP contribution in [0.5, 0.6) is 0 Å². The van der Waals surface area contributed by atoms with Gasteiger partial charge in [0.05, 0.1) is 0 Å². The van der Waals surface area contributed by atoms with Gasteiger partial charge in [0.25, 0.3) is 0 Å². The highest BCUT2D eigenvalue weighted by Crippen LogP contribution is 2.25. The van der Waals surface area contributed by atoms with Gasteiger partial charge in [-0.15, -0.1) is 5.73 Å². The molecule has 0 aromatic heterocycles. The van der Waals surface area contributed by atoms with Gasteiger partial charge in [-0.2, -0.15) is 0 Å². The molecule has 0 aliphatic rings. The quantitative estimate of drug-likeness (QED) is 0.525. The molecular weight excluding hydrogens is 156 g/mol. The lowest BCUT2D eigenvalue weighted by molar-refractivity contribution is 0.321. The van der Waals surface area contributed by atoms with Gasteiger partial charge in [-0.05, 0) is 30.8 Å². The highest BCUT2D eigenvalue weighted by molar-refractivity contribution is 4.95. The Balaban J connectivity index is 4.04. The zero-order valence-corrected chi connectivity index (χ0v) is 9.69. The summed E-state index contributed by atoms with van der Waals surface area (Å²) in [6, 6.07) is 0. The van der Waals surface area contributed by atoms with Crippen LogP contribution in [-0.4, -0.2) is 0 Å². The molecule has 0 N–H and O–H groups in total. The van der Waals surface area contributed by atoms with Crippen molar-refractivity contribution in [3.8, 4) is 0 Å². The SMILES string of the molecule is C=C=C(C)CC(C)C(CC)CCC. The summed E-state index contributed by atoms with van der Waals surface area (Å²) in [6.07, 6.45) is 5.14. The van der Waals surface area contributed by atoms with E-state index in [1.54, 1.807) is 0 Å². The summed E-state index contributed by atoms with van der Waals surface area (Å²) >= 11 is 0. The fourth-order valence-electron chi connectivity index (χ4n) is 1.98. The number of hydrogen-bond donors (Lipinski definition) is 0. The van der Waals surface area contributed by atoms with Gasteiger partial charge in [0, 0.05) is 0 Å². The molecule has 0 aromatic carbocycles. The van der Waals surface area contributed by atoms with E-state index in [1.165, 1.54) is 31.3 Å². The van der Waals surface area contributed by atoms with Crippen LogP contribution in [0.25, 0.3) is 0 Å². The molecule has 0 spiro atoms. The Bertz CT molecular complexity index is 172. The van der Waals surface area contributed by atoms with Crippen molar-refractivity contribution in [2.75, 3.05) is 0 Å². The molecule has 0 radical (unpaired) electrons. The summed E-state index contributed by atoms with van der Waals surface area (Å²) in [5, 5.41) is 0. The fourth-order valence-corrected chi connectivity index (χ4v) is 1.98. The zero-order chi connectivity index (χ0) is 10.3. The van der Waals surface area contributed by atoms with Crippen LogP contribution in [0, 0.1) is 11.8 Å². The molecule has 2 atom stereocenters. The summed E-state index contributed by atoms with van der Waals surface area (Å²) in [5.41, 5.74) is 4.29. The molecule has 0 saturated carbocycles. The monoisotopic (exact) mass is 180 g/mol. The second-order valence-electron chi connectivity index (χ2n) is 4.10. The smallest absolute Gasteiger partial charge is 0.0218 e. The van der Waals surface area contributed by atoms with E-state index in [0.29, 0.717) is 0 Å². The van der Waals surface area contributed by atoms with Crippen LogP contribution >= 0.6 is 0 Å². The van der Waals surface area contributed by atoms with Crippen molar-refractivity contribution in [2.24, 2.45) is 11.8 Å². The molecule has 0 fully saturated rings. The van der Waals surface area contributed by atoms with Crippen LogP contribution in [0.1, 0.15) is 53.4 Å². The van der Waals surface area contributed by atoms with Crippen molar-refractivity contribution in [3.63, 3.8) is 0 Å². The van der Waals surface area contributed by atoms with Crippen LogP contribution in [0.3, 0.4) is 0 Å². The van der Waals surface area contributed by atoms with Gasteiger partial charge >= 0.3 is 0 Å². The number of hydrogen-bond acceptors (Lipinski definition) is 0. The molecule has 0 rings (SSSR count). The third-order valence-corrected chi connectivity index (χ3v) is 2.92. The lowest BCUT2D eigenvalue weighted by atomic mass is 9.84. The Morgan fingerprint density at radius 3 is 2.38 bits per heavy atom. The van der Waals surface area contributed by atoms with Crippen molar-refractivity contribution < 1.29 is 0 Å². The van der Waals surface area contributed by atoms with Crippen molar-refractivity contribution in [2.45, 2.75) is 53.4 Å². The van der Waals surface area contributed by atoms with Gasteiger partial charge in [-0.3, -0.25) is 0 Å². The second kappa shape index (κ2) is 6.97. The molecule has 0 aliphatic carbocycles. The molecule has 0 saturated heterocycles. The maximum atomic E-state index is 3.68. The molecule has 2 unspecified atom stereocenters. The Morgan fingerprint density at radius 1 is 1.38 bits per heavy atom. The lowest BCUT2D eigenvalue weighted by Crippen LogP contribution is -2.10. The van der Waals surface area contributed by atoms with E-state index in [-0.39, 0.29) is 0 Å². The average molecular weight is 180 g/mol. The average Bonchev–Trinajstić information content (AvgIpc) is 2.13. The Labute approximate surface area is 83.7 Å². The molecule has 0 aromatic rings. The van der Waals surface area contributed by atoms with Crippen LogP contribution in [0.2, 0.25) is 0 Å². The molecule has 0 bridgehead atoms. The first-order valence-electron chi connectivity index (χ1n) is 5.51. The number of allylic oxidation sites excluding steroid dienone is 1. The minimum absolute atomic E-state index is 0.791. The molecule has 0 aliphatic heterocycles. The summed E-state index contributed by atoms with van der Waals surface area (Å²) < 4.78 is 0. The normalized spacial score (nSPS) is 14.8. The van der Waals surface area contributed by atoms with Gasteiger partial charge in [0.1, 0.15) is 0 Å². The van der Waals surface area contributed by atoms with E-state index in [0.717, 1.165) is 11.8 Å². The van der Waals surface area contributed by atoms with Gasteiger partial charge < -0.3 is 0 Å². The third-order valence-electron chi connectivity index (χ3n) is 2.92. The van der Waals surface area contributed by atoms with Crippen molar-refractivity contribution >= 4 is 0 Å². The maximum absolute atomic E-state index is 3.68. The highest BCUT2D eigenvalue weighted by atomic mass is 14.2. The first-order valence-corrected chi connectivity index (χ1v) is 5.51. The van der Waals surface area contributed by atoms with E-state index in [9.17, 15) is 0 Å². The molecule has 0 heteroatoms. The molecular formula is C13H24. The fraction of sp³-hybridized carbons (Fsp3) is 0.769. The van der Waals surface area contributed by atoms with Crippen molar-refractivity contribution in [1.29, 1.82) is 0 Å². The predicted molar refractivity (Wildman–Crippen MR) is 60.8 cm³/mol. The Kier molecular flexibility index (Phi) is 6.72. The van der Waals surface area contributed by atoms with Gasteiger partial charge in [0.2, 0.25) is 0 Å². The van der Waals surface area contributed by atoms with E-state index < -0.39 is 0 Å². The minimum Gasteiger partial charge on any atom is -0.130 e. The third kappa shape index (κ3) is 4.95. The van der Waals surface area contributed by atoms with Gasteiger partial charge in [-0.25, -0.2) is 0 Å². The van der Waals surface area contributed by atoms with Crippen LogP contribution in [0.15, 0.2) is 17.9 Å². The lowest BCUT2D eigenvalue weighted by Gasteiger charge is -2.21. The van der Waals surface area contributed by atoms with Gasteiger partial charge in [-0.1, -0.05) is 46.6 Å². The van der Waals surface area contributed by atoms with E-state index in [4.69, 9.17) is 0 Å². The first kappa shape index (κ1) is 12.5. The minimum atomic E-state index is 0.791. The second-order valence-corrected chi connectivity index (χ2v) is 4.10. The Hall–Kier alpha value is -0.480. The van der Waals surface area contributed by atoms with E-state index >= 15 is 0 Å². The van der Waals surface area contributed by atoms with Gasteiger partial charge in [0.15, 0.2) is 0 Å². The zero-order valence-electron chi connectivity index (χ0n) is 9.69. The highest BCUT2D eigenvalue weighted by Gasteiger charge is 2.14. The van der Waals surface area contributed by atoms with Crippen LogP contribution in [-0.2, 0) is 0 Å². The summed E-state index contributed by atoms with van der Waals surface area (Å²) in [4.78, 5) is 0. The van der Waals surface area contributed by atoms with Crippen molar-refractivity contribution in [1.82, 2.24) is 0 Å². The Morgan fingerprint density at radius 2 is 2.00 bits per heavy atom. The molecule has 0 nitrogen and oxygen atoms in total. The topological polar surface area (TPSA) is 0 Å². The number of rotatable bonds is 6. The molecule has 0 amide bonds. The predicted octanol–water partition coefficient (Wildman–Crippen LogP) is 4.57. The molecule has 13 heavy (non-hydrogen) atoms. The van der Waals surface area contributed by atoms with Crippen molar-refractivity contribution in [3.05, 3.63) is 17.9 Å². The largest absolute Gasteiger partial charge is 0.130 e. The van der Waals surface area contributed by atoms with Crippen LogP contribution in [0.4, 0.5) is 0 Å². The molecule has 76 valence electrons. The van der Waals surface area contributed by atoms with Crippen LogP contribution < -0.4 is 0 Å². The van der Waals surface area contributed by atoms with E-state index in [2.05, 4.69) is 40.0 Å². The summed E-state index contributed by atoms with van der Waals surface area (Å²) in [6.45, 7) is 12.7. The summed E-state index contributed by atoms with van der Waals surface area (Å²) in [7, 11) is 0. The molecule has 0 heterocycles. The standard InChI is InChI=1S/C13H24/c1-6-9-13(8-3)12(5)10-11(4)7-2/h12-13H,2,6,8-10H2,1,3-5H3. The first-order chi connectivity index (χ1) is 6.15. The van der Waals surface area contributed by atoms with E-state index in [1.807, 2.05) is 0 Å².